The molecule has 0 saturated heterocycles. The van der Waals surface area contributed by atoms with Crippen molar-refractivity contribution in [1.82, 2.24) is 4.98 Å². The van der Waals surface area contributed by atoms with Crippen LogP contribution in [-0.2, 0) is 9.53 Å². The summed E-state index contributed by atoms with van der Waals surface area (Å²) >= 11 is 3.33. The van der Waals surface area contributed by atoms with E-state index in [0.717, 1.165) is 10.0 Å². The van der Waals surface area contributed by atoms with Crippen LogP contribution < -0.4 is 11.1 Å². The maximum absolute atomic E-state index is 11.5. The number of hydrogen-bond acceptors (Lipinski definition) is 4. The van der Waals surface area contributed by atoms with E-state index in [1.807, 2.05) is 6.92 Å². The third-order valence-corrected chi connectivity index (χ3v) is 2.81. The highest BCUT2D eigenvalue weighted by molar-refractivity contribution is 9.10. The topological polar surface area (TPSA) is 77.2 Å². The molecule has 0 saturated carbocycles. The number of halogens is 1. The smallest absolute Gasteiger partial charge is 0.244 e. The molecule has 0 aliphatic heterocycles. The van der Waals surface area contributed by atoms with E-state index < -0.39 is 6.04 Å². The van der Waals surface area contributed by atoms with E-state index in [9.17, 15) is 4.79 Å². The van der Waals surface area contributed by atoms with Crippen LogP contribution in [0.2, 0.25) is 0 Å². The fraction of sp³-hybridized carbons (Fsp3) is 0.400. The van der Waals surface area contributed by atoms with E-state index in [1.54, 1.807) is 12.3 Å². The van der Waals surface area contributed by atoms with Crippen LogP contribution in [0.15, 0.2) is 16.7 Å². The molecule has 1 aromatic heterocycles. The number of methoxy groups -OCH3 is 1. The van der Waals surface area contributed by atoms with Gasteiger partial charge in [0.2, 0.25) is 5.91 Å². The summed E-state index contributed by atoms with van der Waals surface area (Å²) < 4.78 is 5.69. The Labute approximate surface area is 103 Å². The van der Waals surface area contributed by atoms with Gasteiger partial charge in [0.05, 0.1) is 6.61 Å². The Kier molecular flexibility index (Phi) is 4.85. The molecule has 0 aliphatic rings. The van der Waals surface area contributed by atoms with Gasteiger partial charge in [-0.25, -0.2) is 4.98 Å². The highest BCUT2D eigenvalue weighted by Gasteiger charge is 2.13. The largest absolute Gasteiger partial charge is 0.383 e. The zero-order valence-electron chi connectivity index (χ0n) is 9.16. The van der Waals surface area contributed by atoms with Crippen molar-refractivity contribution in [2.45, 2.75) is 13.0 Å². The van der Waals surface area contributed by atoms with Gasteiger partial charge >= 0.3 is 0 Å². The Morgan fingerprint density at radius 1 is 1.75 bits per heavy atom. The molecule has 1 aromatic rings. The Morgan fingerprint density at radius 3 is 3.00 bits per heavy atom. The summed E-state index contributed by atoms with van der Waals surface area (Å²) in [5.41, 5.74) is 6.56. The number of nitrogens with one attached hydrogen (secondary N) is 1. The highest BCUT2D eigenvalue weighted by atomic mass is 79.9. The molecule has 1 atom stereocenters. The number of anilines is 1. The van der Waals surface area contributed by atoms with Crippen LogP contribution in [-0.4, -0.2) is 30.6 Å². The van der Waals surface area contributed by atoms with Crippen molar-refractivity contribution in [3.05, 3.63) is 22.3 Å². The van der Waals surface area contributed by atoms with E-state index in [2.05, 4.69) is 26.2 Å². The molecule has 1 amide bonds. The number of nitrogens with two attached hydrogens (primary N) is 1. The van der Waals surface area contributed by atoms with Gasteiger partial charge in [0.25, 0.3) is 0 Å². The molecule has 1 unspecified atom stereocenters. The number of aryl methyl sites for hydroxylation is 1. The summed E-state index contributed by atoms with van der Waals surface area (Å²) in [6.07, 6.45) is 1.63. The second-order valence-electron chi connectivity index (χ2n) is 3.37. The first-order valence-electron chi connectivity index (χ1n) is 4.72. The third-order valence-electron chi connectivity index (χ3n) is 1.98. The number of hydrogen-bond donors (Lipinski definition) is 2. The minimum absolute atomic E-state index is 0.182. The van der Waals surface area contributed by atoms with E-state index in [-0.39, 0.29) is 12.5 Å². The Hall–Kier alpha value is -0.980. The van der Waals surface area contributed by atoms with Crippen molar-refractivity contribution >= 4 is 27.7 Å². The standard InChI is InChI=1S/C10H14BrN3O2/c1-6-3-9(13-4-7(6)11)14-10(15)8(12)5-16-2/h3-4,8H,5,12H2,1-2H3,(H,13,14,15). The lowest BCUT2D eigenvalue weighted by Gasteiger charge is -2.11. The van der Waals surface area contributed by atoms with Gasteiger partial charge in [-0.1, -0.05) is 0 Å². The van der Waals surface area contributed by atoms with Crippen molar-refractivity contribution < 1.29 is 9.53 Å². The maximum Gasteiger partial charge on any atom is 0.244 e. The summed E-state index contributed by atoms with van der Waals surface area (Å²) in [5, 5.41) is 2.62. The second-order valence-corrected chi connectivity index (χ2v) is 4.22. The molecular weight excluding hydrogens is 274 g/mol. The molecule has 16 heavy (non-hydrogen) atoms. The summed E-state index contributed by atoms with van der Waals surface area (Å²) in [5.74, 6) is 0.174. The Morgan fingerprint density at radius 2 is 2.44 bits per heavy atom. The summed E-state index contributed by atoms with van der Waals surface area (Å²) in [6.45, 7) is 2.10. The predicted molar refractivity (Wildman–Crippen MR) is 65.2 cm³/mol. The van der Waals surface area contributed by atoms with E-state index in [0.29, 0.717) is 5.82 Å². The van der Waals surface area contributed by atoms with Gasteiger partial charge in [-0.3, -0.25) is 4.79 Å². The van der Waals surface area contributed by atoms with E-state index >= 15 is 0 Å². The monoisotopic (exact) mass is 287 g/mol. The van der Waals surface area contributed by atoms with Gasteiger partial charge in [0, 0.05) is 17.8 Å². The van der Waals surface area contributed by atoms with Crippen LogP contribution in [0.5, 0.6) is 0 Å². The number of pyridine rings is 1. The van der Waals surface area contributed by atoms with Gasteiger partial charge in [-0.05, 0) is 34.5 Å². The van der Waals surface area contributed by atoms with E-state index in [4.69, 9.17) is 10.5 Å². The minimum atomic E-state index is -0.684. The molecule has 0 aromatic carbocycles. The Balaban J connectivity index is 2.66. The number of carbonyl (C=O) groups excluding carboxylic acids is 1. The number of carbonyl (C=O) groups is 1. The van der Waals surface area contributed by atoms with Gasteiger partial charge < -0.3 is 15.8 Å². The summed E-state index contributed by atoms with van der Waals surface area (Å²) in [7, 11) is 1.50. The normalized spacial score (nSPS) is 12.2. The summed E-state index contributed by atoms with van der Waals surface area (Å²) in [6, 6.07) is 1.08. The van der Waals surface area contributed by atoms with Crippen molar-refractivity contribution in [2.24, 2.45) is 5.73 Å². The zero-order chi connectivity index (χ0) is 12.1. The van der Waals surface area contributed by atoms with Crippen LogP contribution in [0, 0.1) is 6.92 Å². The molecule has 0 fully saturated rings. The average Bonchev–Trinajstić information content (AvgIpc) is 2.24. The van der Waals surface area contributed by atoms with Crippen molar-refractivity contribution in [1.29, 1.82) is 0 Å². The van der Waals surface area contributed by atoms with Crippen LogP contribution in [0.3, 0.4) is 0 Å². The SMILES string of the molecule is COCC(N)C(=O)Nc1cc(C)c(Br)cn1. The van der Waals surface area contributed by atoms with Crippen LogP contribution in [0.4, 0.5) is 5.82 Å². The lowest BCUT2D eigenvalue weighted by molar-refractivity contribution is -0.118. The van der Waals surface area contributed by atoms with Crippen LogP contribution in [0.25, 0.3) is 0 Å². The molecule has 0 radical (unpaired) electrons. The fourth-order valence-corrected chi connectivity index (χ4v) is 1.30. The first-order valence-corrected chi connectivity index (χ1v) is 5.51. The molecule has 0 spiro atoms. The van der Waals surface area contributed by atoms with Gasteiger partial charge in [0.15, 0.2) is 0 Å². The van der Waals surface area contributed by atoms with E-state index in [1.165, 1.54) is 7.11 Å². The second kappa shape index (κ2) is 5.93. The Bertz CT molecular complexity index is 384. The highest BCUT2D eigenvalue weighted by Crippen LogP contribution is 2.17. The molecule has 88 valence electrons. The van der Waals surface area contributed by atoms with Gasteiger partial charge in [-0.15, -0.1) is 0 Å². The average molecular weight is 288 g/mol. The lowest BCUT2D eigenvalue weighted by Crippen LogP contribution is -2.39. The molecular formula is C10H14BrN3O2. The molecule has 6 heteroatoms. The van der Waals surface area contributed by atoms with Crippen molar-refractivity contribution in [3.63, 3.8) is 0 Å². The van der Waals surface area contributed by atoms with Crippen molar-refractivity contribution in [2.75, 3.05) is 19.0 Å². The number of ether oxygens (including phenoxy) is 1. The molecule has 1 rings (SSSR count). The molecule has 0 aliphatic carbocycles. The first kappa shape index (κ1) is 13.1. The number of rotatable bonds is 4. The quantitative estimate of drug-likeness (QED) is 0.868. The number of aromatic nitrogens is 1. The lowest BCUT2D eigenvalue weighted by atomic mass is 10.3. The zero-order valence-corrected chi connectivity index (χ0v) is 10.7. The number of amides is 1. The predicted octanol–water partition coefficient (Wildman–Crippen LogP) is 1.06. The maximum atomic E-state index is 11.5. The minimum Gasteiger partial charge on any atom is -0.383 e. The number of nitrogens with zero attached hydrogens (tertiary/aromatic N) is 1. The molecule has 0 bridgehead atoms. The van der Waals surface area contributed by atoms with Gasteiger partial charge in [0.1, 0.15) is 11.9 Å². The molecule has 1 heterocycles. The summed E-state index contributed by atoms with van der Waals surface area (Å²) in [4.78, 5) is 15.6. The fourth-order valence-electron chi connectivity index (χ4n) is 1.08. The third kappa shape index (κ3) is 3.55. The van der Waals surface area contributed by atoms with Gasteiger partial charge in [-0.2, -0.15) is 0 Å². The van der Waals surface area contributed by atoms with Crippen LogP contribution >= 0.6 is 15.9 Å². The van der Waals surface area contributed by atoms with Crippen molar-refractivity contribution in [3.8, 4) is 0 Å². The van der Waals surface area contributed by atoms with Crippen LogP contribution in [0.1, 0.15) is 5.56 Å². The molecule has 3 N–H and O–H groups in total. The molecule has 5 nitrogen and oxygen atoms in total. The first-order chi connectivity index (χ1) is 7.54.